The predicted octanol–water partition coefficient (Wildman–Crippen LogP) is 3.14. The number of sulfonamides is 1. The number of aryl methyl sites for hydroxylation is 4. The molecule has 1 aromatic carbocycles. The molecular formula is C22H29N3O3S2. The lowest BCUT2D eigenvalue weighted by Gasteiger charge is -2.07. The van der Waals surface area contributed by atoms with E-state index < -0.39 is 10.0 Å². The Balaban J connectivity index is 1.15. The van der Waals surface area contributed by atoms with Crippen molar-refractivity contribution in [1.82, 2.24) is 15.0 Å². The van der Waals surface area contributed by atoms with E-state index in [1.807, 2.05) is 11.3 Å². The van der Waals surface area contributed by atoms with Crippen LogP contribution in [0.5, 0.6) is 0 Å². The summed E-state index contributed by atoms with van der Waals surface area (Å²) in [5, 5.41) is 4.18. The number of amides is 1. The van der Waals surface area contributed by atoms with E-state index in [4.69, 9.17) is 4.98 Å². The highest BCUT2D eigenvalue weighted by molar-refractivity contribution is 7.89. The molecule has 0 aliphatic heterocycles. The molecule has 0 bridgehead atoms. The molecule has 2 N–H and O–H groups in total. The van der Waals surface area contributed by atoms with Crippen LogP contribution in [-0.4, -0.2) is 31.9 Å². The maximum atomic E-state index is 12.2. The van der Waals surface area contributed by atoms with Gasteiger partial charge in [-0.15, -0.1) is 11.3 Å². The minimum absolute atomic E-state index is 0.0283. The molecule has 4 rings (SSSR count). The molecule has 1 saturated carbocycles. The second-order valence-corrected chi connectivity index (χ2v) is 11.1. The van der Waals surface area contributed by atoms with Crippen molar-refractivity contribution in [3.8, 4) is 0 Å². The number of carbonyl (C=O) groups is 1. The highest BCUT2D eigenvalue weighted by Gasteiger charge is 2.27. The third kappa shape index (κ3) is 5.89. The Morgan fingerprint density at radius 3 is 2.60 bits per heavy atom. The van der Waals surface area contributed by atoms with Gasteiger partial charge in [0.15, 0.2) is 0 Å². The van der Waals surface area contributed by atoms with Gasteiger partial charge in [-0.3, -0.25) is 4.79 Å². The average molecular weight is 448 g/mol. The highest BCUT2D eigenvalue weighted by atomic mass is 32.2. The summed E-state index contributed by atoms with van der Waals surface area (Å²) >= 11 is 1.84. The van der Waals surface area contributed by atoms with E-state index in [9.17, 15) is 13.2 Å². The number of benzene rings is 1. The van der Waals surface area contributed by atoms with Crippen LogP contribution in [0, 0.1) is 0 Å². The monoisotopic (exact) mass is 447 g/mol. The van der Waals surface area contributed by atoms with E-state index in [1.165, 1.54) is 34.8 Å². The van der Waals surface area contributed by atoms with Crippen LogP contribution in [0.1, 0.15) is 59.7 Å². The number of carbonyl (C=O) groups excluding carboxylic acids is 1. The van der Waals surface area contributed by atoms with Crippen LogP contribution in [0.3, 0.4) is 0 Å². The molecule has 1 amide bonds. The summed E-state index contributed by atoms with van der Waals surface area (Å²) in [5.41, 5.74) is 2.26. The van der Waals surface area contributed by atoms with E-state index in [1.54, 1.807) is 24.3 Å². The van der Waals surface area contributed by atoms with Crippen LogP contribution in [0.2, 0.25) is 0 Å². The van der Waals surface area contributed by atoms with Crippen molar-refractivity contribution >= 4 is 27.3 Å². The summed E-state index contributed by atoms with van der Waals surface area (Å²) in [4.78, 5) is 18.6. The number of nitrogens with one attached hydrogen (secondary N) is 2. The van der Waals surface area contributed by atoms with Gasteiger partial charge in [-0.2, -0.15) is 0 Å². The fourth-order valence-electron chi connectivity index (χ4n) is 3.65. The molecular weight excluding hydrogens is 418 g/mol. The van der Waals surface area contributed by atoms with Gasteiger partial charge >= 0.3 is 0 Å². The SMILES string of the molecule is O=C(CCc1ccc(S(=O)(=O)NC2CC2)cc1)NCCCc1nc2c(s1)CCCC2. The maximum absolute atomic E-state index is 12.2. The maximum Gasteiger partial charge on any atom is 0.240 e. The molecule has 0 saturated heterocycles. The van der Waals surface area contributed by atoms with Crippen molar-refractivity contribution in [3.63, 3.8) is 0 Å². The molecule has 2 aliphatic carbocycles. The van der Waals surface area contributed by atoms with Gasteiger partial charge in [0.05, 0.1) is 15.6 Å². The first-order valence-electron chi connectivity index (χ1n) is 10.8. The first-order valence-corrected chi connectivity index (χ1v) is 13.1. The normalized spacial score (nSPS) is 16.3. The average Bonchev–Trinajstić information content (AvgIpc) is 3.44. The van der Waals surface area contributed by atoms with Crippen LogP contribution in [-0.2, 0) is 40.5 Å². The van der Waals surface area contributed by atoms with Gasteiger partial charge < -0.3 is 5.32 Å². The van der Waals surface area contributed by atoms with Crippen LogP contribution in [0.25, 0.3) is 0 Å². The first kappa shape index (κ1) is 21.5. The van der Waals surface area contributed by atoms with Crippen molar-refractivity contribution in [3.05, 3.63) is 45.4 Å². The summed E-state index contributed by atoms with van der Waals surface area (Å²) in [6, 6.07) is 6.91. The topological polar surface area (TPSA) is 88.2 Å². The number of nitrogens with zero attached hydrogens (tertiary/aromatic N) is 1. The van der Waals surface area contributed by atoms with E-state index in [0.717, 1.165) is 37.7 Å². The second kappa shape index (κ2) is 9.58. The van der Waals surface area contributed by atoms with Gasteiger partial charge in [0.2, 0.25) is 15.9 Å². The molecule has 1 fully saturated rings. The summed E-state index contributed by atoms with van der Waals surface area (Å²) in [7, 11) is -3.42. The molecule has 162 valence electrons. The third-order valence-electron chi connectivity index (χ3n) is 5.55. The lowest BCUT2D eigenvalue weighted by atomic mass is 10.0. The molecule has 0 spiro atoms. The number of rotatable bonds is 10. The molecule has 2 aliphatic rings. The Hall–Kier alpha value is -1.77. The summed E-state index contributed by atoms with van der Waals surface area (Å²) in [5.74, 6) is 0.0283. The van der Waals surface area contributed by atoms with Crippen LogP contribution >= 0.6 is 11.3 Å². The largest absolute Gasteiger partial charge is 0.356 e. The van der Waals surface area contributed by atoms with Gasteiger partial charge in [-0.05, 0) is 69.1 Å². The molecule has 30 heavy (non-hydrogen) atoms. The zero-order valence-corrected chi connectivity index (χ0v) is 18.8. The zero-order chi connectivity index (χ0) is 21.0. The van der Waals surface area contributed by atoms with Crippen molar-refractivity contribution < 1.29 is 13.2 Å². The lowest BCUT2D eigenvalue weighted by Crippen LogP contribution is -2.25. The molecule has 0 atom stereocenters. The quantitative estimate of drug-likeness (QED) is 0.548. The van der Waals surface area contributed by atoms with Crippen molar-refractivity contribution in [1.29, 1.82) is 0 Å². The van der Waals surface area contributed by atoms with Crippen LogP contribution < -0.4 is 10.0 Å². The Labute approximate surface area is 182 Å². The fourth-order valence-corrected chi connectivity index (χ4v) is 6.15. The van der Waals surface area contributed by atoms with E-state index >= 15 is 0 Å². The summed E-state index contributed by atoms with van der Waals surface area (Å²) in [6.07, 6.45) is 9.47. The number of aromatic nitrogens is 1. The third-order valence-corrected chi connectivity index (χ3v) is 8.31. The number of hydrogen-bond acceptors (Lipinski definition) is 5. The number of thiazole rings is 1. The van der Waals surface area contributed by atoms with Gasteiger partial charge in [0, 0.05) is 30.3 Å². The number of hydrogen-bond donors (Lipinski definition) is 2. The van der Waals surface area contributed by atoms with Gasteiger partial charge in [0.1, 0.15) is 0 Å². The Bertz CT molecular complexity index is 956. The fraction of sp³-hybridized carbons (Fsp3) is 0.545. The second-order valence-electron chi connectivity index (χ2n) is 8.18. The minimum Gasteiger partial charge on any atom is -0.356 e. The zero-order valence-electron chi connectivity index (χ0n) is 17.2. The molecule has 1 heterocycles. The summed E-state index contributed by atoms with van der Waals surface area (Å²) < 4.78 is 27.1. The minimum atomic E-state index is -3.42. The lowest BCUT2D eigenvalue weighted by molar-refractivity contribution is -0.121. The van der Waals surface area contributed by atoms with Crippen molar-refractivity contribution in [2.24, 2.45) is 0 Å². The smallest absolute Gasteiger partial charge is 0.240 e. The van der Waals surface area contributed by atoms with E-state index in [-0.39, 0.29) is 16.8 Å². The van der Waals surface area contributed by atoms with Crippen LogP contribution in [0.4, 0.5) is 0 Å². The molecule has 0 radical (unpaired) electrons. The highest BCUT2D eigenvalue weighted by Crippen LogP contribution is 2.27. The van der Waals surface area contributed by atoms with Gasteiger partial charge in [-0.25, -0.2) is 18.1 Å². The first-order chi connectivity index (χ1) is 14.5. The molecule has 1 aromatic heterocycles. The van der Waals surface area contributed by atoms with E-state index in [0.29, 0.717) is 19.4 Å². The Morgan fingerprint density at radius 1 is 1.10 bits per heavy atom. The van der Waals surface area contributed by atoms with Gasteiger partial charge in [0.25, 0.3) is 0 Å². The molecule has 2 aromatic rings. The Morgan fingerprint density at radius 2 is 1.87 bits per heavy atom. The number of fused-ring (bicyclic) bond motifs is 1. The van der Waals surface area contributed by atoms with E-state index in [2.05, 4.69) is 10.0 Å². The van der Waals surface area contributed by atoms with Crippen molar-refractivity contribution in [2.75, 3.05) is 6.54 Å². The van der Waals surface area contributed by atoms with Gasteiger partial charge in [-0.1, -0.05) is 12.1 Å². The molecule has 0 unspecified atom stereocenters. The Kier molecular flexibility index (Phi) is 6.85. The summed E-state index contributed by atoms with van der Waals surface area (Å²) in [6.45, 7) is 0.660. The molecule has 6 nitrogen and oxygen atoms in total. The molecule has 8 heteroatoms. The van der Waals surface area contributed by atoms with Crippen LogP contribution in [0.15, 0.2) is 29.2 Å². The van der Waals surface area contributed by atoms with Crippen molar-refractivity contribution in [2.45, 2.75) is 75.1 Å². The predicted molar refractivity (Wildman–Crippen MR) is 118 cm³/mol. The standard InChI is InChI=1S/C22H29N3O3S2/c26-21(23-15-3-6-22-24-19-4-1-2-5-20(19)29-22)14-9-16-7-12-18(13-8-16)30(27,28)25-17-10-11-17/h7-8,12-13,17,25H,1-6,9-11,14-15H2,(H,23,26).